The summed E-state index contributed by atoms with van der Waals surface area (Å²) in [6.07, 6.45) is 3.60. The van der Waals surface area contributed by atoms with Crippen molar-refractivity contribution in [3.05, 3.63) is 36.7 Å². The Balaban J connectivity index is 2.41. The molecule has 1 amide bonds. The Morgan fingerprint density at radius 2 is 2.05 bits per heavy atom. The molecule has 0 saturated heterocycles. The Bertz CT molecular complexity index is 589. The zero-order valence-corrected chi connectivity index (χ0v) is 11.4. The van der Waals surface area contributed by atoms with Crippen LogP contribution in [0.25, 0.3) is 11.1 Å². The second kappa shape index (κ2) is 5.14. The number of nitrogens with zero attached hydrogens (tertiary/aromatic N) is 3. The van der Waals surface area contributed by atoms with Crippen LogP contribution in [0.3, 0.4) is 0 Å². The lowest BCUT2D eigenvalue weighted by molar-refractivity contribution is -0.120. The first-order valence-corrected chi connectivity index (χ1v) is 6.11. The number of benzene rings is 1. The number of carbonyl (C=O) groups is 1. The van der Waals surface area contributed by atoms with Crippen molar-refractivity contribution in [2.75, 3.05) is 19.0 Å². The minimum Gasteiger partial charge on any atom is -0.377 e. The minimum absolute atomic E-state index is 0.393. The molecule has 1 aromatic carbocycles. The van der Waals surface area contributed by atoms with Gasteiger partial charge >= 0.3 is 0 Å². The van der Waals surface area contributed by atoms with Crippen molar-refractivity contribution < 1.29 is 4.79 Å². The first-order valence-electron chi connectivity index (χ1n) is 6.11. The van der Waals surface area contributed by atoms with E-state index in [0.717, 1.165) is 16.8 Å². The highest BCUT2D eigenvalue weighted by atomic mass is 16.1. The molecule has 5 heteroatoms. The molecule has 2 aromatic rings. The molecular formula is C14H18N4O. The van der Waals surface area contributed by atoms with Crippen molar-refractivity contribution >= 4 is 11.6 Å². The van der Waals surface area contributed by atoms with E-state index in [2.05, 4.69) is 5.10 Å². The Morgan fingerprint density at radius 3 is 2.68 bits per heavy atom. The van der Waals surface area contributed by atoms with Gasteiger partial charge in [0.05, 0.1) is 6.20 Å². The number of aromatic nitrogens is 2. The summed E-state index contributed by atoms with van der Waals surface area (Å²) in [4.78, 5) is 13.2. The minimum atomic E-state index is -0.444. The van der Waals surface area contributed by atoms with Gasteiger partial charge in [-0.25, -0.2) is 0 Å². The summed E-state index contributed by atoms with van der Waals surface area (Å²) in [5.41, 5.74) is 8.44. The van der Waals surface area contributed by atoms with E-state index >= 15 is 0 Å². The molecule has 1 aromatic heterocycles. The van der Waals surface area contributed by atoms with Gasteiger partial charge in [0.15, 0.2) is 0 Å². The highest BCUT2D eigenvalue weighted by Crippen LogP contribution is 2.29. The molecule has 0 aliphatic rings. The van der Waals surface area contributed by atoms with Gasteiger partial charge in [-0.3, -0.25) is 9.48 Å². The van der Waals surface area contributed by atoms with Gasteiger partial charge in [0.2, 0.25) is 5.91 Å². The van der Waals surface area contributed by atoms with Crippen LogP contribution in [0.5, 0.6) is 0 Å². The zero-order valence-electron chi connectivity index (χ0n) is 11.4. The third-order valence-electron chi connectivity index (χ3n) is 3.11. The molecule has 100 valence electrons. The van der Waals surface area contributed by atoms with Crippen LogP contribution in [-0.2, 0) is 4.79 Å². The zero-order chi connectivity index (χ0) is 14.0. The van der Waals surface area contributed by atoms with Gasteiger partial charge in [-0.1, -0.05) is 18.2 Å². The molecule has 0 spiro atoms. The van der Waals surface area contributed by atoms with Crippen LogP contribution in [0.1, 0.15) is 13.0 Å². The van der Waals surface area contributed by atoms with Crippen molar-refractivity contribution in [1.82, 2.24) is 9.78 Å². The van der Waals surface area contributed by atoms with Gasteiger partial charge in [0.1, 0.15) is 6.04 Å². The van der Waals surface area contributed by atoms with Gasteiger partial charge in [0.25, 0.3) is 0 Å². The van der Waals surface area contributed by atoms with Crippen LogP contribution in [0.2, 0.25) is 0 Å². The number of anilines is 1. The Labute approximate surface area is 112 Å². The summed E-state index contributed by atoms with van der Waals surface area (Å²) in [5, 5.41) is 4.21. The lowest BCUT2D eigenvalue weighted by Gasteiger charge is -2.16. The van der Waals surface area contributed by atoms with Crippen LogP contribution in [0.4, 0.5) is 5.69 Å². The summed E-state index contributed by atoms with van der Waals surface area (Å²) < 4.78 is 1.59. The third kappa shape index (κ3) is 2.59. The number of hydrogen-bond acceptors (Lipinski definition) is 3. The van der Waals surface area contributed by atoms with Gasteiger partial charge < -0.3 is 10.6 Å². The number of nitrogens with two attached hydrogens (primary N) is 1. The fourth-order valence-electron chi connectivity index (χ4n) is 1.93. The van der Waals surface area contributed by atoms with Crippen molar-refractivity contribution in [2.24, 2.45) is 5.73 Å². The first-order chi connectivity index (χ1) is 9.00. The normalized spacial score (nSPS) is 12.2. The molecule has 0 bridgehead atoms. The molecule has 5 nitrogen and oxygen atoms in total. The van der Waals surface area contributed by atoms with Crippen LogP contribution in [0.15, 0.2) is 36.7 Å². The standard InChI is InChI=1S/C14H18N4O/c1-10(14(15)19)18-9-11(8-16-18)12-6-4-5-7-13(12)17(2)3/h4-10H,1-3H3,(H2,15,19)/t10-/m0/s1. The maximum absolute atomic E-state index is 11.2. The van der Waals surface area contributed by atoms with E-state index in [-0.39, 0.29) is 0 Å². The molecule has 2 N–H and O–H groups in total. The lowest BCUT2D eigenvalue weighted by atomic mass is 10.1. The predicted octanol–water partition coefficient (Wildman–Crippen LogP) is 1.66. The van der Waals surface area contributed by atoms with Crippen molar-refractivity contribution in [3.63, 3.8) is 0 Å². The Hall–Kier alpha value is -2.30. The van der Waals surface area contributed by atoms with E-state index < -0.39 is 11.9 Å². The van der Waals surface area contributed by atoms with E-state index in [1.54, 1.807) is 17.8 Å². The SMILES string of the molecule is C[C@@H](C(N)=O)n1cc(-c2ccccc2N(C)C)cn1. The monoisotopic (exact) mass is 258 g/mol. The van der Waals surface area contributed by atoms with E-state index in [9.17, 15) is 4.79 Å². The molecule has 2 rings (SSSR count). The number of hydrogen-bond donors (Lipinski definition) is 1. The van der Waals surface area contributed by atoms with Crippen molar-refractivity contribution in [2.45, 2.75) is 13.0 Å². The van der Waals surface area contributed by atoms with Crippen molar-refractivity contribution in [3.8, 4) is 11.1 Å². The largest absolute Gasteiger partial charge is 0.377 e. The summed E-state index contributed by atoms with van der Waals surface area (Å²) >= 11 is 0. The maximum atomic E-state index is 11.2. The fourth-order valence-corrected chi connectivity index (χ4v) is 1.93. The third-order valence-corrected chi connectivity index (χ3v) is 3.11. The van der Waals surface area contributed by atoms with E-state index in [1.165, 1.54) is 0 Å². The summed E-state index contributed by atoms with van der Waals surface area (Å²) in [5.74, 6) is -0.393. The molecule has 19 heavy (non-hydrogen) atoms. The van der Waals surface area contributed by atoms with Crippen LogP contribution < -0.4 is 10.6 Å². The van der Waals surface area contributed by atoms with Gasteiger partial charge in [-0.2, -0.15) is 5.10 Å². The van der Waals surface area contributed by atoms with Gasteiger partial charge in [0, 0.05) is 37.1 Å². The molecule has 0 aliphatic carbocycles. The summed E-state index contributed by atoms with van der Waals surface area (Å²) in [6.45, 7) is 1.73. The molecule has 0 fully saturated rings. The molecule has 0 unspecified atom stereocenters. The second-order valence-corrected chi connectivity index (χ2v) is 4.70. The number of rotatable bonds is 4. The quantitative estimate of drug-likeness (QED) is 0.907. The van der Waals surface area contributed by atoms with Gasteiger partial charge in [-0.15, -0.1) is 0 Å². The average Bonchev–Trinajstić information content (AvgIpc) is 2.87. The van der Waals surface area contributed by atoms with Crippen LogP contribution in [-0.4, -0.2) is 29.8 Å². The van der Waals surface area contributed by atoms with E-state index in [0.29, 0.717) is 0 Å². The molecule has 0 saturated carbocycles. The van der Waals surface area contributed by atoms with E-state index in [1.807, 2.05) is 49.5 Å². The lowest BCUT2D eigenvalue weighted by Crippen LogP contribution is -2.24. The molecule has 1 heterocycles. The van der Waals surface area contributed by atoms with E-state index in [4.69, 9.17) is 5.73 Å². The van der Waals surface area contributed by atoms with Crippen LogP contribution in [0, 0.1) is 0 Å². The van der Waals surface area contributed by atoms with Crippen LogP contribution >= 0.6 is 0 Å². The van der Waals surface area contributed by atoms with Crippen molar-refractivity contribution in [1.29, 1.82) is 0 Å². The molecule has 0 aliphatic heterocycles. The predicted molar refractivity (Wildman–Crippen MR) is 75.9 cm³/mol. The Kier molecular flexibility index (Phi) is 3.55. The topological polar surface area (TPSA) is 64.2 Å². The fraction of sp³-hybridized carbons (Fsp3) is 0.286. The Morgan fingerprint density at radius 1 is 1.37 bits per heavy atom. The number of para-hydroxylation sites is 1. The molecule has 1 atom stereocenters. The second-order valence-electron chi connectivity index (χ2n) is 4.70. The number of primary amides is 1. The highest BCUT2D eigenvalue weighted by Gasteiger charge is 2.14. The smallest absolute Gasteiger partial charge is 0.241 e. The highest BCUT2D eigenvalue weighted by molar-refractivity contribution is 5.79. The molecule has 0 radical (unpaired) electrons. The first kappa shape index (κ1) is 13.1. The number of carbonyl (C=O) groups excluding carboxylic acids is 1. The summed E-state index contributed by atoms with van der Waals surface area (Å²) in [6, 6.07) is 7.61. The number of amides is 1. The van der Waals surface area contributed by atoms with Gasteiger partial charge in [-0.05, 0) is 13.0 Å². The molecular weight excluding hydrogens is 240 g/mol. The maximum Gasteiger partial charge on any atom is 0.241 e. The summed E-state index contributed by atoms with van der Waals surface area (Å²) in [7, 11) is 3.99. The average molecular weight is 258 g/mol.